The smallest absolute Gasteiger partial charge is 0.184 e. The lowest BCUT2D eigenvalue weighted by atomic mass is 10.1. The van der Waals surface area contributed by atoms with E-state index in [2.05, 4.69) is 20.1 Å². The molecule has 3 nitrogen and oxygen atoms in total. The summed E-state index contributed by atoms with van der Waals surface area (Å²) in [5, 5.41) is 9.87. The molecule has 1 N–H and O–H groups in total. The average Bonchev–Trinajstić information content (AvgIpc) is 2.29. The quantitative estimate of drug-likeness (QED) is 0.336. The Labute approximate surface area is 98.8 Å². The Bertz CT molecular complexity index is 168. The zero-order valence-electron chi connectivity index (χ0n) is 10.2. The molecular formula is C13H24O3. The van der Waals surface area contributed by atoms with Crippen molar-refractivity contribution < 1.29 is 14.6 Å². The normalized spacial score (nSPS) is 12.7. The Kier molecular flexibility index (Phi) is 10.4. The van der Waals surface area contributed by atoms with E-state index in [0.717, 1.165) is 19.3 Å². The van der Waals surface area contributed by atoms with Crippen molar-refractivity contribution in [3.8, 4) is 0 Å². The van der Waals surface area contributed by atoms with Crippen LogP contribution in [-0.2, 0) is 9.47 Å². The lowest BCUT2D eigenvalue weighted by molar-refractivity contribution is -0.184. The van der Waals surface area contributed by atoms with Gasteiger partial charge >= 0.3 is 0 Å². The van der Waals surface area contributed by atoms with Crippen LogP contribution in [0.15, 0.2) is 25.3 Å². The third kappa shape index (κ3) is 7.63. The van der Waals surface area contributed by atoms with Gasteiger partial charge in [-0.2, -0.15) is 0 Å². The van der Waals surface area contributed by atoms with Gasteiger partial charge in [-0.15, -0.1) is 13.2 Å². The maximum Gasteiger partial charge on any atom is 0.184 e. The first-order valence-electron chi connectivity index (χ1n) is 5.89. The molecule has 0 heterocycles. The van der Waals surface area contributed by atoms with E-state index in [0.29, 0.717) is 19.6 Å². The van der Waals surface area contributed by atoms with Crippen LogP contribution < -0.4 is 0 Å². The summed E-state index contributed by atoms with van der Waals surface area (Å²) in [5.74, 6) is 0. The van der Waals surface area contributed by atoms with Gasteiger partial charge in [0.1, 0.15) is 6.10 Å². The maximum absolute atomic E-state index is 9.87. The Morgan fingerprint density at radius 3 is 2.12 bits per heavy atom. The van der Waals surface area contributed by atoms with E-state index in [1.807, 2.05) is 0 Å². The van der Waals surface area contributed by atoms with E-state index >= 15 is 0 Å². The molecule has 0 spiro atoms. The van der Waals surface area contributed by atoms with Crippen LogP contribution in [-0.4, -0.2) is 30.7 Å². The van der Waals surface area contributed by atoms with Crippen molar-refractivity contribution in [2.45, 2.75) is 45.0 Å². The van der Waals surface area contributed by atoms with E-state index in [9.17, 15) is 5.11 Å². The van der Waals surface area contributed by atoms with Crippen LogP contribution in [0, 0.1) is 0 Å². The first kappa shape index (κ1) is 15.4. The summed E-state index contributed by atoms with van der Waals surface area (Å²) in [4.78, 5) is 0. The second-order valence-electron chi connectivity index (χ2n) is 3.68. The summed E-state index contributed by atoms with van der Waals surface area (Å²) in [7, 11) is 0. The molecule has 0 aromatic heterocycles. The average molecular weight is 228 g/mol. The fraction of sp³-hybridized carbons (Fsp3) is 0.692. The zero-order chi connectivity index (χ0) is 12.2. The molecule has 0 fully saturated rings. The molecular weight excluding hydrogens is 204 g/mol. The van der Waals surface area contributed by atoms with Crippen LogP contribution in [0.5, 0.6) is 0 Å². The molecule has 0 aromatic carbocycles. The summed E-state index contributed by atoms with van der Waals surface area (Å²) in [6, 6.07) is 0. The number of unbranched alkanes of at least 4 members (excludes halogenated alkanes) is 2. The third-order valence-corrected chi connectivity index (χ3v) is 2.17. The van der Waals surface area contributed by atoms with Gasteiger partial charge in [0.15, 0.2) is 6.29 Å². The van der Waals surface area contributed by atoms with E-state index in [-0.39, 0.29) is 0 Å². The molecule has 0 aliphatic carbocycles. The standard InChI is InChI=1S/C13H24O3/c1-4-7-8-9-12(14)13(15-10-5-2)16-11-6-3/h5-6,12-14H,2-4,7-11H2,1H3. The van der Waals surface area contributed by atoms with E-state index in [1.165, 1.54) is 0 Å². The fourth-order valence-electron chi connectivity index (χ4n) is 1.34. The van der Waals surface area contributed by atoms with E-state index in [4.69, 9.17) is 9.47 Å². The lowest BCUT2D eigenvalue weighted by Crippen LogP contribution is -2.32. The first-order valence-corrected chi connectivity index (χ1v) is 5.89. The van der Waals surface area contributed by atoms with E-state index < -0.39 is 12.4 Å². The van der Waals surface area contributed by atoms with Crippen molar-refractivity contribution in [3.63, 3.8) is 0 Å². The summed E-state index contributed by atoms with van der Waals surface area (Å²) in [5.41, 5.74) is 0. The third-order valence-electron chi connectivity index (χ3n) is 2.17. The molecule has 1 atom stereocenters. The van der Waals surface area contributed by atoms with Crippen LogP contribution in [0.3, 0.4) is 0 Å². The maximum atomic E-state index is 9.87. The summed E-state index contributed by atoms with van der Waals surface area (Å²) in [6.07, 6.45) is 6.08. The molecule has 0 amide bonds. The second-order valence-corrected chi connectivity index (χ2v) is 3.68. The molecule has 0 aromatic rings. The summed E-state index contributed by atoms with van der Waals surface area (Å²) >= 11 is 0. The van der Waals surface area contributed by atoms with Crippen LogP contribution >= 0.6 is 0 Å². The minimum Gasteiger partial charge on any atom is -0.388 e. The van der Waals surface area contributed by atoms with Crippen molar-refractivity contribution in [3.05, 3.63) is 25.3 Å². The fourth-order valence-corrected chi connectivity index (χ4v) is 1.34. The van der Waals surface area contributed by atoms with Gasteiger partial charge in [0.25, 0.3) is 0 Å². The minimum atomic E-state index is -0.577. The molecule has 0 rings (SSSR count). The molecule has 0 aliphatic heterocycles. The van der Waals surface area contributed by atoms with Crippen LogP contribution in [0.1, 0.15) is 32.6 Å². The molecule has 16 heavy (non-hydrogen) atoms. The highest BCUT2D eigenvalue weighted by Crippen LogP contribution is 2.11. The van der Waals surface area contributed by atoms with Gasteiger partial charge in [0.2, 0.25) is 0 Å². The second kappa shape index (κ2) is 10.9. The Morgan fingerprint density at radius 1 is 1.12 bits per heavy atom. The monoisotopic (exact) mass is 228 g/mol. The molecule has 0 bridgehead atoms. The Hall–Kier alpha value is -0.640. The molecule has 0 aliphatic rings. The predicted molar refractivity (Wildman–Crippen MR) is 66.2 cm³/mol. The van der Waals surface area contributed by atoms with Crippen LogP contribution in [0.25, 0.3) is 0 Å². The van der Waals surface area contributed by atoms with Crippen molar-refractivity contribution in [1.82, 2.24) is 0 Å². The molecule has 3 heteroatoms. The Balaban J connectivity index is 3.92. The van der Waals surface area contributed by atoms with Crippen molar-refractivity contribution >= 4 is 0 Å². The van der Waals surface area contributed by atoms with Crippen molar-refractivity contribution in [2.75, 3.05) is 13.2 Å². The highest BCUT2D eigenvalue weighted by molar-refractivity contribution is 4.70. The minimum absolute atomic E-state index is 0.382. The van der Waals surface area contributed by atoms with Crippen LogP contribution in [0.4, 0.5) is 0 Å². The number of hydrogen-bond acceptors (Lipinski definition) is 3. The van der Waals surface area contributed by atoms with Crippen LogP contribution in [0.2, 0.25) is 0 Å². The largest absolute Gasteiger partial charge is 0.388 e. The molecule has 94 valence electrons. The lowest BCUT2D eigenvalue weighted by Gasteiger charge is -2.22. The topological polar surface area (TPSA) is 38.7 Å². The number of rotatable bonds is 11. The van der Waals surface area contributed by atoms with Crippen molar-refractivity contribution in [1.29, 1.82) is 0 Å². The van der Waals surface area contributed by atoms with Gasteiger partial charge < -0.3 is 14.6 Å². The summed E-state index contributed by atoms with van der Waals surface area (Å²) in [6.45, 7) is 10.0. The molecule has 0 radical (unpaired) electrons. The number of aliphatic hydroxyl groups is 1. The SMILES string of the molecule is C=CCOC(OCC=C)C(O)CCCCC. The predicted octanol–water partition coefficient (Wildman–Crippen LogP) is 2.66. The van der Waals surface area contributed by atoms with Gasteiger partial charge in [-0.1, -0.05) is 38.3 Å². The number of hydrogen-bond donors (Lipinski definition) is 1. The van der Waals surface area contributed by atoms with Gasteiger partial charge in [-0.3, -0.25) is 0 Å². The Morgan fingerprint density at radius 2 is 1.69 bits per heavy atom. The highest BCUT2D eigenvalue weighted by atomic mass is 16.7. The molecule has 1 unspecified atom stereocenters. The summed E-state index contributed by atoms with van der Waals surface area (Å²) < 4.78 is 10.7. The highest BCUT2D eigenvalue weighted by Gasteiger charge is 2.19. The first-order chi connectivity index (χ1) is 7.76. The van der Waals surface area contributed by atoms with Crippen molar-refractivity contribution in [2.24, 2.45) is 0 Å². The van der Waals surface area contributed by atoms with Gasteiger partial charge in [0.05, 0.1) is 13.2 Å². The van der Waals surface area contributed by atoms with Gasteiger partial charge in [0, 0.05) is 0 Å². The molecule has 0 saturated carbocycles. The molecule has 0 saturated heterocycles. The van der Waals surface area contributed by atoms with E-state index in [1.54, 1.807) is 12.2 Å². The zero-order valence-corrected chi connectivity index (χ0v) is 10.2. The number of aliphatic hydroxyl groups excluding tert-OH is 1. The van der Waals surface area contributed by atoms with Gasteiger partial charge in [-0.25, -0.2) is 0 Å². The number of ether oxygens (including phenoxy) is 2. The van der Waals surface area contributed by atoms with Gasteiger partial charge in [-0.05, 0) is 6.42 Å².